The van der Waals surface area contributed by atoms with Crippen molar-refractivity contribution in [1.82, 2.24) is 5.32 Å². The largest absolute Gasteiger partial charge is 0.416 e. The van der Waals surface area contributed by atoms with Gasteiger partial charge in [0.1, 0.15) is 0 Å². The van der Waals surface area contributed by atoms with E-state index in [1.165, 1.54) is 12.1 Å². The number of halogens is 4. The lowest BCUT2D eigenvalue weighted by Gasteiger charge is -2.16. The van der Waals surface area contributed by atoms with Crippen molar-refractivity contribution >= 4 is 29.9 Å². The van der Waals surface area contributed by atoms with Crippen molar-refractivity contribution in [3.63, 3.8) is 0 Å². The van der Waals surface area contributed by atoms with Gasteiger partial charge >= 0.3 is 6.18 Å². The molecule has 23 heavy (non-hydrogen) atoms. The first kappa shape index (κ1) is 19.8. The normalized spacial score (nSPS) is 16.4. The second-order valence-electron chi connectivity index (χ2n) is 5.87. The fourth-order valence-corrected chi connectivity index (χ4v) is 2.25. The van der Waals surface area contributed by atoms with Gasteiger partial charge < -0.3 is 11.1 Å². The van der Waals surface area contributed by atoms with Gasteiger partial charge in [-0.2, -0.15) is 13.2 Å². The van der Waals surface area contributed by atoms with E-state index in [0.29, 0.717) is 24.6 Å². The lowest BCUT2D eigenvalue weighted by atomic mass is 9.94. The number of rotatable bonds is 5. The van der Waals surface area contributed by atoms with Crippen molar-refractivity contribution in [2.24, 2.45) is 10.7 Å². The average molecular weight is 439 g/mol. The minimum Gasteiger partial charge on any atom is -0.370 e. The maximum Gasteiger partial charge on any atom is 0.416 e. The van der Waals surface area contributed by atoms with E-state index < -0.39 is 11.7 Å². The Kier molecular flexibility index (Phi) is 6.49. The molecule has 0 spiro atoms. The van der Waals surface area contributed by atoms with Gasteiger partial charge in [0.05, 0.1) is 12.1 Å². The molecule has 0 radical (unpaired) electrons. The third-order valence-corrected chi connectivity index (χ3v) is 3.78. The average Bonchev–Trinajstić information content (AvgIpc) is 3.23. The molecule has 0 saturated heterocycles. The molecule has 0 heterocycles. The van der Waals surface area contributed by atoms with Gasteiger partial charge in [-0.25, -0.2) is 0 Å². The minimum atomic E-state index is -4.32. The highest BCUT2D eigenvalue weighted by Crippen LogP contribution is 2.49. The van der Waals surface area contributed by atoms with Crippen LogP contribution in [0.3, 0.4) is 0 Å². The molecule has 1 aromatic rings. The molecule has 0 aromatic heterocycles. The van der Waals surface area contributed by atoms with E-state index in [-0.39, 0.29) is 29.4 Å². The number of hydrogen-bond donors (Lipinski definition) is 2. The van der Waals surface area contributed by atoms with E-state index in [1.54, 1.807) is 6.07 Å². The standard InChI is InChI=1S/C16H20F3N3.HI/c1-11(2)9-21-14(20)22-10-15(6-7-15)12-4-3-5-13(8-12)16(17,18)19;/h3-5,8H,1,6-7,9-10H2,2H3,(H3,20,21,22);1H. The Labute approximate surface area is 151 Å². The van der Waals surface area contributed by atoms with Crippen molar-refractivity contribution < 1.29 is 13.2 Å². The molecule has 7 heteroatoms. The topological polar surface area (TPSA) is 50.4 Å². The zero-order valence-corrected chi connectivity index (χ0v) is 15.2. The van der Waals surface area contributed by atoms with Gasteiger partial charge in [0, 0.05) is 12.0 Å². The highest BCUT2D eigenvalue weighted by Gasteiger charge is 2.45. The van der Waals surface area contributed by atoms with E-state index >= 15 is 0 Å². The first-order chi connectivity index (χ1) is 10.2. The van der Waals surface area contributed by atoms with Gasteiger partial charge in [-0.3, -0.25) is 4.99 Å². The van der Waals surface area contributed by atoms with Gasteiger partial charge in [-0.15, -0.1) is 24.0 Å². The van der Waals surface area contributed by atoms with Crippen LogP contribution in [0.15, 0.2) is 41.4 Å². The molecule has 0 aliphatic heterocycles. The monoisotopic (exact) mass is 439 g/mol. The van der Waals surface area contributed by atoms with Crippen LogP contribution in [0.1, 0.15) is 30.9 Å². The first-order valence-electron chi connectivity index (χ1n) is 7.09. The van der Waals surface area contributed by atoms with Crippen molar-refractivity contribution in [2.45, 2.75) is 31.4 Å². The predicted molar refractivity (Wildman–Crippen MR) is 97.1 cm³/mol. The zero-order valence-electron chi connectivity index (χ0n) is 12.9. The van der Waals surface area contributed by atoms with Gasteiger partial charge in [-0.05, 0) is 31.4 Å². The number of nitrogens with two attached hydrogens (primary N) is 1. The summed E-state index contributed by atoms with van der Waals surface area (Å²) >= 11 is 0. The van der Waals surface area contributed by atoms with Crippen LogP contribution in [0.5, 0.6) is 0 Å². The van der Waals surface area contributed by atoms with E-state index in [9.17, 15) is 13.2 Å². The number of benzene rings is 1. The van der Waals surface area contributed by atoms with Crippen molar-refractivity contribution in [3.05, 3.63) is 47.5 Å². The van der Waals surface area contributed by atoms with Gasteiger partial charge in [0.15, 0.2) is 5.96 Å². The number of nitrogens with one attached hydrogen (secondary N) is 1. The summed E-state index contributed by atoms with van der Waals surface area (Å²) in [6.07, 6.45) is -2.67. The number of guanidine groups is 1. The SMILES string of the molecule is C=C(C)CNC(N)=NCC1(c2cccc(C(F)(F)F)c2)CC1.I. The van der Waals surface area contributed by atoms with E-state index in [1.807, 2.05) is 6.92 Å². The van der Waals surface area contributed by atoms with Crippen molar-refractivity contribution in [3.8, 4) is 0 Å². The fraction of sp³-hybridized carbons (Fsp3) is 0.438. The predicted octanol–water partition coefficient (Wildman–Crippen LogP) is 3.84. The Morgan fingerprint density at radius 3 is 2.57 bits per heavy atom. The molecular formula is C16H21F3IN3. The maximum atomic E-state index is 12.8. The Bertz CT molecular complexity index is 592. The molecule has 1 aliphatic rings. The van der Waals surface area contributed by atoms with Gasteiger partial charge in [0.2, 0.25) is 0 Å². The molecule has 0 atom stereocenters. The summed E-state index contributed by atoms with van der Waals surface area (Å²) in [6, 6.07) is 5.49. The quantitative estimate of drug-likeness (QED) is 0.317. The molecule has 1 fully saturated rings. The van der Waals surface area contributed by atoms with E-state index in [2.05, 4.69) is 16.9 Å². The Morgan fingerprint density at radius 1 is 1.39 bits per heavy atom. The summed E-state index contributed by atoms with van der Waals surface area (Å²) in [4.78, 5) is 4.26. The Hall–Kier alpha value is -1.25. The molecule has 0 amide bonds. The summed E-state index contributed by atoms with van der Waals surface area (Å²) in [5, 5.41) is 2.92. The van der Waals surface area contributed by atoms with Gasteiger partial charge in [-0.1, -0.05) is 30.4 Å². The van der Waals surface area contributed by atoms with Crippen LogP contribution in [-0.2, 0) is 11.6 Å². The third-order valence-electron chi connectivity index (χ3n) is 3.78. The molecule has 2 rings (SSSR count). The lowest BCUT2D eigenvalue weighted by Crippen LogP contribution is -2.33. The van der Waals surface area contributed by atoms with Gasteiger partial charge in [0.25, 0.3) is 0 Å². The van der Waals surface area contributed by atoms with Crippen LogP contribution in [0.25, 0.3) is 0 Å². The van der Waals surface area contributed by atoms with Crippen LogP contribution in [0.2, 0.25) is 0 Å². The van der Waals surface area contributed by atoms with Crippen LogP contribution in [0, 0.1) is 0 Å². The summed E-state index contributed by atoms with van der Waals surface area (Å²) < 4.78 is 38.4. The lowest BCUT2D eigenvalue weighted by molar-refractivity contribution is -0.137. The smallest absolute Gasteiger partial charge is 0.370 e. The minimum absolute atomic E-state index is 0. The molecule has 3 N–H and O–H groups in total. The summed E-state index contributed by atoms with van der Waals surface area (Å²) in [7, 11) is 0. The summed E-state index contributed by atoms with van der Waals surface area (Å²) in [6.45, 7) is 6.54. The molecule has 128 valence electrons. The van der Waals surface area contributed by atoms with Crippen LogP contribution < -0.4 is 11.1 Å². The van der Waals surface area contributed by atoms with Crippen molar-refractivity contribution in [1.29, 1.82) is 0 Å². The Balaban J connectivity index is 0.00000264. The van der Waals surface area contributed by atoms with Crippen LogP contribution in [0.4, 0.5) is 13.2 Å². The summed E-state index contributed by atoms with van der Waals surface area (Å²) in [5.41, 5.74) is 6.43. The highest BCUT2D eigenvalue weighted by atomic mass is 127. The molecule has 0 unspecified atom stereocenters. The van der Waals surface area contributed by atoms with Crippen LogP contribution in [-0.4, -0.2) is 19.0 Å². The second-order valence-corrected chi connectivity index (χ2v) is 5.87. The molecule has 1 aromatic carbocycles. The number of hydrogen-bond acceptors (Lipinski definition) is 1. The summed E-state index contributed by atoms with van der Waals surface area (Å²) in [5.74, 6) is 0.293. The Morgan fingerprint density at radius 2 is 2.04 bits per heavy atom. The number of aliphatic imine (C=N–C) groups is 1. The second kappa shape index (κ2) is 7.55. The van der Waals surface area contributed by atoms with Crippen LogP contribution >= 0.6 is 24.0 Å². The fourth-order valence-electron chi connectivity index (χ4n) is 2.25. The zero-order chi connectivity index (χ0) is 16.4. The molecule has 1 saturated carbocycles. The molecule has 0 bridgehead atoms. The van der Waals surface area contributed by atoms with Crippen molar-refractivity contribution in [2.75, 3.05) is 13.1 Å². The third kappa shape index (κ3) is 5.40. The van der Waals surface area contributed by atoms with E-state index in [4.69, 9.17) is 5.73 Å². The molecule has 3 nitrogen and oxygen atoms in total. The molecule has 1 aliphatic carbocycles. The highest BCUT2D eigenvalue weighted by molar-refractivity contribution is 14.0. The number of alkyl halides is 3. The molecular weight excluding hydrogens is 418 g/mol. The van der Waals surface area contributed by atoms with E-state index in [0.717, 1.165) is 24.5 Å². The maximum absolute atomic E-state index is 12.8. The first-order valence-corrected chi connectivity index (χ1v) is 7.09. The number of nitrogens with zero attached hydrogens (tertiary/aromatic N) is 1.